The van der Waals surface area contributed by atoms with E-state index in [1.165, 1.54) is 23.9 Å². The minimum Gasteiger partial charge on any atom is -0.481 e. The average Bonchev–Trinajstić information content (AvgIpc) is 3.57. The van der Waals surface area contributed by atoms with Crippen LogP contribution in [0.2, 0.25) is 0 Å². The summed E-state index contributed by atoms with van der Waals surface area (Å²) in [4.78, 5) is 133. The Kier molecular flexibility index (Phi) is 25.0. The van der Waals surface area contributed by atoms with Gasteiger partial charge in [0.15, 0.2) is 5.78 Å². The van der Waals surface area contributed by atoms with Crippen LogP contribution in [0.25, 0.3) is 0 Å². The summed E-state index contributed by atoms with van der Waals surface area (Å²) in [6, 6.07) is 0. The van der Waals surface area contributed by atoms with Gasteiger partial charge in [-0.15, -0.1) is 0 Å². The molecule has 2 saturated heterocycles. The Balaban J connectivity index is 0.0000119. The van der Waals surface area contributed by atoms with Gasteiger partial charge in [0.2, 0.25) is 11.8 Å². The monoisotopic (exact) mass is 1110 g/mol. The largest absolute Gasteiger partial charge is 0.481 e. The van der Waals surface area contributed by atoms with E-state index in [1.54, 1.807) is 19.6 Å². The molecule has 3 fully saturated rings. The van der Waals surface area contributed by atoms with Crippen molar-refractivity contribution in [1.82, 2.24) is 34.7 Å². The zero-order valence-corrected chi connectivity index (χ0v) is 41.4. The molecule has 4 aliphatic rings. The summed E-state index contributed by atoms with van der Waals surface area (Å²) in [5.74, 6) is -7.38. The number of ketones is 2. The minimum atomic E-state index is -1.15. The third-order valence-corrected chi connectivity index (χ3v) is 13.8. The van der Waals surface area contributed by atoms with Crippen molar-refractivity contribution in [3.8, 4) is 0 Å². The van der Waals surface area contributed by atoms with E-state index in [0.29, 0.717) is 77.1 Å². The number of carbonyl (C=O) groups is 10. The Hall–Kier alpha value is -3.45. The molecule has 23 heteroatoms. The number of amides is 4. The first-order valence-corrected chi connectivity index (χ1v) is 24.2. The maximum atomic E-state index is 13.6. The van der Waals surface area contributed by atoms with Crippen LogP contribution < -0.4 is 5.32 Å². The van der Waals surface area contributed by atoms with Crippen molar-refractivity contribution >= 4 is 70.8 Å². The third kappa shape index (κ3) is 19.8. The van der Waals surface area contributed by atoms with Crippen LogP contribution in [-0.2, 0) is 47.9 Å². The van der Waals surface area contributed by atoms with Gasteiger partial charge in [-0.05, 0) is 57.0 Å². The normalized spacial score (nSPS) is 20.0. The van der Waals surface area contributed by atoms with E-state index >= 15 is 0 Å². The smallest absolute Gasteiger partial charge is 0.317 e. The van der Waals surface area contributed by atoms with Crippen LogP contribution in [0.3, 0.4) is 0 Å². The average molecular weight is 1110 g/mol. The Morgan fingerprint density at radius 3 is 1.61 bits per heavy atom. The molecular weight excluding hydrogens is 1040 g/mol. The molecule has 4 amide bonds. The zero-order valence-electron chi connectivity index (χ0n) is 38.3. The number of rotatable bonds is 25. The van der Waals surface area contributed by atoms with Crippen molar-refractivity contribution in [2.75, 3.05) is 117 Å². The molecule has 3 aliphatic heterocycles. The summed E-state index contributed by atoms with van der Waals surface area (Å²) < 4.78 is 0. The van der Waals surface area contributed by atoms with Crippen molar-refractivity contribution in [2.24, 2.45) is 23.2 Å². The number of unbranched alkanes of at least 4 members (excludes halogenated alkanes) is 1. The first-order chi connectivity index (χ1) is 31.4. The summed E-state index contributed by atoms with van der Waals surface area (Å²) >= 11 is 1.53. The fourth-order valence-corrected chi connectivity index (χ4v) is 9.70. The second kappa shape index (κ2) is 28.9. The van der Waals surface area contributed by atoms with E-state index in [-0.39, 0.29) is 148 Å². The van der Waals surface area contributed by atoms with E-state index < -0.39 is 59.2 Å². The molecule has 5 N–H and O–H groups in total. The van der Waals surface area contributed by atoms with Crippen LogP contribution >= 0.6 is 11.8 Å². The number of hydrogen-bond acceptors (Lipinski definition) is 15. The topological polar surface area (TPSA) is 283 Å². The second-order valence-corrected chi connectivity index (χ2v) is 19.1. The zero-order chi connectivity index (χ0) is 48.4. The van der Waals surface area contributed by atoms with E-state index in [9.17, 15) is 68.4 Å². The molecule has 0 aromatic carbocycles. The van der Waals surface area contributed by atoms with Crippen molar-refractivity contribution in [3.63, 3.8) is 0 Å². The first kappa shape index (κ1) is 57.9. The number of carboxylic acid groups (broad SMARTS) is 4. The summed E-state index contributed by atoms with van der Waals surface area (Å²) in [5, 5.41) is 40.8. The predicted molar refractivity (Wildman–Crippen MR) is 239 cm³/mol. The van der Waals surface area contributed by atoms with Crippen LogP contribution in [0, 0.1) is 63.1 Å². The maximum absolute atomic E-state index is 13.6. The summed E-state index contributed by atoms with van der Waals surface area (Å²) in [5.41, 5.74) is -0.125. The number of carboxylic acids is 4. The molecule has 376 valence electrons. The number of aliphatic carboxylic acids is 4. The number of likely N-dealkylation sites (tertiary alicyclic amines) is 1. The van der Waals surface area contributed by atoms with E-state index in [1.807, 2.05) is 11.2 Å². The van der Waals surface area contributed by atoms with Gasteiger partial charge in [0.25, 0.3) is 11.8 Å². The molecule has 0 unspecified atom stereocenters. The molecule has 67 heavy (non-hydrogen) atoms. The Morgan fingerprint density at radius 1 is 0.687 bits per heavy atom. The summed E-state index contributed by atoms with van der Waals surface area (Å²) in [6.45, 7) is 2.53. The van der Waals surface area contributed by atoms with E-state index in [2.05, 4.69) is 5.32 Å². The molecule has 21 nitrogen and oxygen atoms in total. The van der Waals surface area contributed by atoms with Gasteiger partial charge < -0.3 is 30.6 Å². The Morgan fingerprint density at radius 2 is 1.16 bits per heavy atom. The van der Waals surface area contributed by atoms with Gasteiger partial charge in [0, 0.05) is 154 Å². The molecule has 4 rings (SSSR count). The number of imide groups is 1. The minimum absolute atomic E-state index is 0. The van der Waals surface area contributed by atoms with Crippen LogP contribution in [0.5, 0.6) is 0 Å². The molecular formula is C44H67GdN7O14S. The second-order valence-electron chi connectivity index (χ2n) is 18.1. The van der Waals surface area contributed by atoms with Gasteiger partial charge in [-0.3, -0.25) is 72.4 Å². The molecule has 0 aromatic heterocycles. The van der Waals surface area contributed by atoms with Crippen LogP contribution in [0.15, 0.2) is 12.2 Å². The molecule has 1 saturated carbocycles. The van der Waals surface area contributed by atoms with Crippen LogP contribution in [0.1, 0.15) is 64.2 Å². The number of thioether (sulfide) groups is 1. The molecule has 2 atom stereocenters. The standard InChI is InChI=1S/C44H67N7O14S.Gd/c1-66-21-9-32(42(63)45-24-34(52)22-33(43(64)65)4-2-3-12-51-36(54)5-6-37(51)55)23-35(53)31-7-10-44(11-8-31)29-50(30-44)38(56)25-46-13-15-47(26-39(57)58)17-19-49(28-41(61)62)20-18-48(16-14-46)27-40(59)60;/h5-6,31-33H,2-4,7-30H2,1H3,(H,45,63)(H,57,58)(H,59,60)(H,61,62)(H,64,65);/t32-,33-;/m1./s1. The maximum Gasteiger partial charge on any atom is 0.317 e. The fraction of sp³-hybridized carbons (Fsp3) is 0.727. The number of carbonyl (C=O) groups excluding carboxylic acids is 6. The van der Waals surface area contributed by atoms with Crippen molar-refractivity contribution in [3.05, 3.63) is 12.2 Å². The van der Waals surface area contributed by atoms with Gasteiger partial charge in [-0.2, -0.15) is 11.8 Å². The van der Waals surface area contributed by atoms with Crippen LogP contribution in [0.4, 0.5) is 0 Å². The number of Topliss-reactive ketones (excluding diaryl/α,β-unsaturated/α-hetero) is 2. The predicted octanol–water partition coefficient (Wildman–Crippen LogP) is -0.319. The SMILES string of the molecule is CSCC[C@H](CC(=O)C1CCC2(CC1)CN(C(=O)CN1CCN(CC(=O)O)CCN(CC(=O)O)CCN(CC(=O)O)CC1)C2)C(=O)NCC(=O)C[C@@H](CCCCN1C(=O)C=CC1=O)C(=O)O.[Gd]. The van der Waals surface area contributed by atoms with Crippen molar-refractivity contribution in [1.29, 1.82) is 0 Å². The Bertz CT molecular complexity index is 1760. The fourth-order valence-electron chi connectivity index (χ4n) is 9.18. The Labute approximate surface area is 427 Å². The van der Waals surface area contributed by atoms with Crippen molar-refractivity contribution < 1.29 is 108 Å². The molecule has 0 aromatic rings. The number of nitrogens with zero attached hydrogens (tertiary/aromatic N) is 6. The van der Waals surface area contributed by atoms with Crippen LogP contribution in [-0.4, -0.2) is 226 Å². The molecule has 0 bridgehead atoms. The summed E-state index contributed by atoms with van der Waals surface area (Å²) in [7, 11) is 0. The first-order valence-electron chi connectivity index (χ1n) is 22.8. The molecule has 1 spiro atoms. The van der Waals surface area contributed by atoms with Gasteiger partial charge in [-0.1, -0.05) is 6.42 Å². The van der Waals surface area contributed by atoms with E-state index in [4.69, 9.17) is 0 Å². The van der Waals surface area contributed by atoms with Crippen molar-refractivity contribution in [2.45, 2.75) is 64.2 Å². The van der Waals surface area contributed by atoms with Gasteiger partial charge in [0.05, 0.1) is 38.6 Å². The molecule has 3 heterocycles. The summed E-state index contributed by atoms with van der Waals surface area (Å²) in [6.07, 6.45) is 8.01. The van der Waals surface area contributed by atoms with E-state index in [0.717, 1.165) is 17.7 Å². The van der Waals surface area contributed by atoms with Gasteiger partial charge in [0.1, 0.15) is 5.78 Å². The van der Waals surface area contributed by atoms with Gasteiger partial charge in [-0.25, -0.2) is 0 Å². The number of nitrogens with one attached hydrogen (secondary N) is 1. The molecule has 1 aliphatic carbocycles. The number of hydrogen-bond donors (Lipinski definition) is 5. The molecule has 0 radical (unpaired) electrons. The quantitative estimate of drug-likeness (QED) is 0.0579. The third-order valence-electron chi connectivity index (χ3n) is 13.1. The van der Waals surface area contributed by atoms with Gasteiger partial charge >= 0.3 is 23.9 Å².